The van der Waals surface area contributed by atoms with E-state index in [2.05, 4.69) is 15.3 Å². The summed E-state index contributed by atoms with van der Waals surface area (Å²) in [7, 11) is 1.40. The quantitative estimate of drug-likeness (QED) is 0.261. The molecule has 0 radical (unpaired) electrons. The molecule has 1 N–H and O–H groups in total. The lowest BCUT2D eigenvalue weighted by Gasteiger charge is -2.43. The second-order valence-electron chi connectivity index (χ2n) is 5.34. The zero-order valence-corrected chi connectivity index (χ0v) is 11.8. The van der Waals surface area contributed by atoms with Gasteiger partial charge >= 0.3 is 5.97 Å². The Morgan fingerprint density at radius 3 is 2.89 bits per heavy atom. The number of carbonyl (C=O) groups is 1. The second kappa shape index (κ2) is 6.75. The summed E-state index contributed by atoms with van der Waals surface area (Å²) in [5.74, 6) is -0.257. The molecule has 1 atom stereocenters. The van der Waals surface area contributed by atoms with Crippen LogP contribution in [0.25, 0.3) is 10.4 Å². The molecule has 7 nitrogen and oxygen atoms in total. The topological polar surface area (TPSA) is 96.3 Å². The van der Waals surface area contributed by atoms with E-state index >= 15 is 0 Å². The molecule has 0 aromatic carbocycles. The normalized spacial score (nSPS) is 25.4. The minimum Gasteiger partial charge on any atom is -0.468 e. The highest BCUT2D eigenvalue weighted by molar-refractivity contribution is 5.81. The van der Waals surface area contributed by atoms with Gasteiger partial charge in [0.15, 0.2) is 0 Å². The van der Waals surface area contributed by atoms with Crippen LogP contribution in [0.4, 0.5) is 0 Å². The maximum Gasteiger partial charge on any atom is 0.326 e. The number of ether oxygens (including phenoxy) is 2. The molecule has 0 aliphatic carbocycles. The van der Waals surface area contributed by atoms with Crippen molar-refractivity contribution in [2.75, 3.05) is 26.8 Å². The number of hydrogen-bond acceptors (Lipinski definition) is 5. The molecule has 0 saturated carbocycles. The molecule has 0 aromatic rings. The van der Waals surface area contributed by atoms with Gasteiger partial charge in [-0.1, -0.05) is 5.11 Å². The SMILES string of the molecule is COC(=O)C1(NCCCN=[N+]=[N-])CCOC(C)(C)C1. The van der Waals surface area contributed by atoms with Gasteiger partial charge in [-0.25, -0.2) is 0 Å². The van der Waals surface area contributed by atoms with Gasteiger partial charge in [-0.3, -0.25) is 4.79 Å². The summed E-state index contributed by atoms with van der Waals surface area (Å²) in [4.78, 5) is 14.8. The number of nitrogens with zero attached hydrogens (tertiary/aromatic N) is 3. The molecule has 0 aromatic heterocycles. The molecular formula is C12H22N4O3. The zero-order chi connectivity index (χ0) is 14.4. The lowest BCUT2D eigenvalue weighted by atomic mass is 9.81. The Hall–Kier alpha value is -1.30. The van der Waals surface area contributed by atoms with Gasteiger partial charge < -0.3 is 14.8 Å². The van der Waals surface area contributed by atoms with Gasteiger partial charge in [0.25, 0.3) is 0 Å². The maximum atomic E-state index is 12.1. The smallest absolute Gasteiger partial charge is 0.326 e. The highest BCUT2D eigenvalue weighted by Gasteiger charge is 2.46. The first-order valence-corrected chi connectivity index (χ1v) is 6.44. The Kier molecular flexibility index (Phi) is 5.60. The van der Waals surface area contributed by atoms with E-state index in [9.17, 15) is 4.79 Å². The van der Waals surface area contributed by atoms with Crippen molar-refractivity contribution in [2.24, 2.45) is 5.11 Å². The van der Waals surface area contributed by atoms with Crippen LogP contribution in [0.2, 0.25) is 0 Å². The Morgan fingerprint density at radius 2 is 2.32 bits per heavy atom. The number of rotatable bonds is 6. The predicted octanol–water partition coefficient (Wildman–Crippen LogP) is 1.78. The second-order valence-corrected chi connectivity index (χ2v) is 5.34. The number of nitrogens with one attached hydrogen (secondary N) is 1. The van der Waals surface area contributed by atoms with Crippen LogP contribution in [0, 0.1) is 0 Å². The van der Waals surface area contributed by atoms with Crippen molar-refractivity contribution < 1.29 is 14.3 Å². The fourth-order valence-corrected chi connectivity index (χ4v) is 2.48. The molecular weight excluding hydrogens is 248 g/mol. The van der Waals surface area contributed by atoms with Crippen LogP contribution < -0.4 is 5.32 Å². The fourth-order valence-electron chi connectivity index (χ4n) is 2.48. The molecule has 19 heavy (non-hydrogen) atoms. The summed E-state index contributed by atoms with van der Waals surface area (Å²) >= 11 is 0. The van der Waals surface area contributed by atoms with Gasteiger partial charge in [-0.05, 0) is 38.8 Å². The van der Waals surface area contributed by atoms with Crippen LogP contribution in [0.1, 0.15) is 33.1 Å². The van der Waals surface area contributed by atoms with Crippen molar-refractivity contribution in [3.63, 3.8) is 0 Å². The van der Waals surface area contributed by atoms with E-state index in [1.54, 1.807) is 0 Å². The average molecular weight is 270 g/mol. The van der Waals surface area contributed by atoms with Gasteiger partial charge in [0.1, 0.15) is 5.54 Å². The van der Waals surface area contributed by atoms with Crippen LogP contribution >= 0.6 is 0 Å². The van der Waals surface area contributed by atoms with E-state index in [1.807, 2.05) is 13.8 Å². The van der Waals surface area contributed by atoms with Crippen LogP contribution in [0.15, 0.2) is 5.11 Å². The summed E-state index contributed by atoms with van der Waals surface area (Å²) in [6.07, 6.45) is 1.84. The highest BCUT2D eigenvalue weighted by Crippen LogP contribution is 2.32. The van der Waals surface area contributed by atoms with Gasteiger partial charge in [0, 0.05) is 24.5 Å². The van der Waals surface area contributed by atoms with Crippen molar-refractivity contribution in [1.29, 1.82) is 0 Å². The van der Waals surface area contributed by atoms with Crippen LogP contribution in [-0.2, 0) is 14.3 Å². The number of azide groups is 1. The lowest BCUT2D eigenvalue weighted by Crippen LogP contribution is -2.60. The minimum absolute atomic E-state index is 0.257. The van der Waals surface area contributed by atoms with Gasteiger partial charge in [0.2, 0.25) is 0 Å². The summed E-state index contributed by atoms with van der Waals surface area (Å²) in [6.45, 7) is 5.47. The molecule has 1 aliphatic rings. The molecule has 1 rings (SSSR count). The van der Waals surface area contributed by atoms with Crippen molar-refractivity contribution in [1.82, 2.24) is 5.32 Å². The third-order valence-corrected chi connectivity index (χ3v) is 3.29. The van der Waals surface area contributed by atoms with Gasteiger partial charge in [0.05, 0.1) is 12.7 Å². The monoisotopic (exact) mass is 270 g/mol. The number of esters is 1. The molecule has 1 saturated heterocycles. The molecule has 108 valence electrons. The van der Waals surface area contributed by atoms with E-state index in [0.29, 0.717) is 39.0 Å². The third-order valence-electron chi connectivity index (χ3n) is 3.29. The van der Waals surface area contributed by atoms with Crippen LogP contribution in [0.3, 0.4) is 0 Å². The Balaban J connectivity index is 2.65. The Morgan fingerprint density at radius 1 is 1.58 bits per heavy atom. The van der Waals surface area contributed by atoms with Crippen molar-refractivity contribution in [2.45, 2.75) is 44.2 Å². The van der Waals surface area contributed by atoms with Gasteiger partial charge in [-0.2, -0.15) is 0 Å². The first-order valence-electron chi connectivity index (χ1n) is 6.44. The summed E-state index contributed by atoms with van der Waals surface area (Å²) in [6, 6.07) is 0. The summed E-state index contributed by atoms with van der Waals surface area (Å²) in [5.41, 5.74) is 7.15. The minimum atomic E-state index is -0.702. The summed E-state index contributed by atoms with van der Waals surface area (Å²) in [5, 5.41) is 6.73. The molecule has 1 heterocycles. The number of methoxy groups -OCH3 is 1. The first-order chi connectivity index (χ1) is 8.96. The highest BCUT2D eigenvalue weighted by atomic mass is 16.5. The predicted molar refractivity (Wildman–Crippen MR) is 70.6 cm³/mol. The van der Waals surface area contributed by atoms with Crippen molar-refractivity contribution in [3.8, 4) is 0 Å². The molecule has 0 spiro atoms. The van der Waals surface area contributed by atoms with Crippen LogP contribution in [0.5, 0.6) is 0 Å². The third kappa shape index (κ3) is 4.38. The average Bonchev–Trinajstić information content (AvgIpc) is 2.36. The van der Waals surface area contributed by atoms with E-state index in [0.717, 1.165) is 0 Å². The van der Waals surface area contributed by atoms with Crippen LogP contribution in [-0.4, -0.2) is 43.9 Å². The van der Waals surface area contributed by atoms with Gasteiger partial charge in [-0.15, -0.1) is 0 Å². The molecule has 7 heteroatoms. The number of carbonyl (C=O) groups excluding carboxylic acids is 1. The standard InChI is InChI=1S/C12H22N4O3/c1-11(2)9-12(5-8-19-11,10(17)18-3)14-6-4-7-15-16-13/h14H,4-9H2,1-3H3. The van der Waals surface area contributed by atoms with Crippen molar-refractivity contribution >= 4 is 5.97 Å². The Bertz CT molecular complexity index is 366. The van der Waals surface area contributed by atoms with E-state index in [1.165, 1.54) is 7.11 Å². The number of hydrogen-bond donors (Lipinski definition) is 1. The molecule has 0 amide bonds. The Labute approximate surface area is 113 Å². The summed E-state index contributed by atoms with van der Waals surface area (Å²) < 4.78 is 10.6. The first kappa shape index (κ1) is 15.8. The fraction of sp³-hybridized carbons (Fsp3) is 0.917. The molecule has 1 aliphatic heterocycles. The van der Waals surface area contributed by atoms with E-state index < -0.39 is 5.54 Å². The van der Waals surface area contributed by atoms with Crippen molar-refractivity contribution in [3.05, 3.63) is 10.4 Å². The maximum absolute atomic E-state index is 12.1. The van der Waals surface area contributed by atoms with E-state index in [-0.39, 0.29) is 11.6 Å². The molecule has 0 bridgehead atoms. The largest absolute Gasteiger partial charge is 0.468 e. The molecule has 1 unspecified atom stereocenters. The molecule has 1 fully saturated rings. The van der Waals surface area contributed by atoms with E-state index in [4.69, 9.17) is 15.0 Å². The lowest BCUT2D eigenvalue weighted by molar-refractivity contribution is -0.161. The zero-order valence-electron chi connectivity index (χ0n) is 11.8.